The van der Waals surface area contributed by atoms with Gasteiger partial charge in [0.1, 0.15) is 6.61 Å². The van der Waals surface area contributed by atoms with Gasteiger partial charge < -0.3 is 9.64 Å². The predicted octanol–water partition coefficient (Wildman–Crippen LogP) is 2.82. The quantitative estimate of drug-likeness (QED) is 0.923. The first-order chi connectivity index (χ1) is 9.66. The van der Waals surface area contributed by atoms with E-state index in [-0.39, 0.29) is 18.4 Å². The fourth-order valence-electron chi connectivity index (χ4n) is 1.43. The number of nitrogens with zero attached hydrogens (tertiary/aromatic N) is 2. The van der Waals surface area contributed by atoms with Crippen LogP contribution in [0.4, 0.5) is 14.3 Å². The van der Waals surface area contributed by atoms with E-state index < -0.39 is 5.82 Å². The Balaban J connectivity index is 1.76. The van der Waals surface area contributed by atoms with Crippen LogP contribution in [0.5, 0.6) is 5.75 Å². The van der Waals surface area contributed by atoms with Gasteiger partial charge in [-0.1, -0.05) is 12.1 Å². The summed E-state index contributed by atoms with van der Waals surface area (Å²) in [7, 11) is 1.63. The summed E-state index contributed by atoms with van der Waals surface area (Å²) < 4.78 is 18.6. The van der Waals surface area contributed by atoms with Crippen molar-refractivity contribution >= 4 is 22.5 Å². The Bertz CT molecular complexity index is 563. The van der Waals surface area contributed by atoms with Crippen molar-refractivity contribution < 1.29 is 13.9 Å². The van der Waals surface area contributed by atoms with Gasteiger partial charge in [0.2, 0.25) is 0 Å². The molecule has 0 saturated heterocycles. The van der Waals surface area contributed by atoms with Crippen molar-refractivity contribution in [3.05, 3.63) is 41.7 Å². The normalized spacial score (nSPS) is 10.1. The smallest absolute Gasteiger partial charge is 0.323 e. The van der Waals surface area contributed by atoms with E-state index in [4.69, 9.17) is 4.74 Å². The summed E-state index contributed by atoms with van der Waals surface area (Å²) in [5.74, 6) is -0.233. The van der Waals surface area contributed by atoms with E-state index in [0.717, 1.165) is 0 Å². The Hall–Kier alpha value is -2.15. The number of urea groups is 1. The number of carbonyl (C=O) groups excluding carboxylic acids is 1. The third-order valence-corrected chi connectivity index (χ3v) is 3.20. The molecule has 2 rings (SSSR count). The molecule has 1 aromatic carbocycles. The molecular formula is C13H14FN3O2S. The molecule has 1 heterocycles. The summed E-state index contributed by atoms with van der Waals surface area (Å²) in [6, 6.07) is 5.88. The van der Waals surface area contributed by atoms with Gasteiger partial charge in [-0.15, -0.1) is 11.3 Å². The van der Waals surface area contributed by atoms with E-state index in [9.17, 15) is 9.18 Å². The molecule has 0 fully saturated rings. The minimum absolute atomic E-state index is 0.182. The lowest BCUT2D eigenvalue weighted by Crippen LogP contribution is -2.34. The molecule has 20 heavy (non-hydrogen) atoms. The molecule has 106 valence electrons. The molecule has 2 amide bonds. The lowest BCUT2D eigenvalue weighted by Gasteiger charge is -2.17. The van der Waals surface area contributed by atoms with Crippen LogP contribution in [0.3, 0.4) is 0 Å². The first-order valence-electron chi connectivity index (χ1n) is 5.96. The van der Waals surface area contributed by atoms with Crippen molar-refractivity contribution in [2.45, 2.75) is 0 Å². The van der Waals surface area contributed by atoms with Gasteiger partial charge in [0.15, 0.2) is 16.7 Å². The van der Waals surface area contributed by atoms with Crippen LogP contribution in [0.25, 0.3) is 0 Å². The zero-order chi connectivity index (χ0) is 14.4. The van der Waals surface area contributed by atoms with Crippen LogP contribution in [0.15, 0.2) is 35.8 Å². The zero-order valence-electron chi connectivity index (χ0n) is 10.9. The average Bonchev–Trinajstić information content (AvgIpc) is 2.93. The third kappa shape index (κ3) is 3.92. The Morgan fingerprint density at radius 3 is 3.00 bits per heavy atom. The highest BCUT2D eigenvalue weighted by Gasteiger charge is 2.10. The summed E-state index contributed by atoms with van der Waals surface area (Å²) in [4.78, 5) is 17.2. The first kappa shape index (κ1) is 14.3. The van der Waals surface area contributed by atoms with Gasteiger partial charge in [-0.2, -0.15) is 0 Å². The molecule has 0 radical (unpaired) electrons. The molecule has 2 aromatic rings. The Morgan fingerprint density at radius 2 is 2.30 bits per heavy atom. The average molecular weight is 295 g/mol. The Morgan fingerprint density at radius 1 is 1.50 bits per heavy atom. The van der Waals surface area contributed by atoms with E-state index in [1.807, 2.05) is 0 Å². The van der Waals surface area contributed by atoms with Crippen LogP contribution < -0.4 is 10.1 Å². The third-order valence-electron chi connectivity index (χ3n) is 2.51. The number of amides is 2. The number of hydrogen-bond acceptors (Lipinski definition) is 4. The van der Waals surface area contributed by atoms with Crippen molar-refractivity contribution in [3.63, 3.8) is 0 Å². The topological polar surface area (TPSA) is 54.5 Å². The minimum Gasteiger partial charge on any atom is -0.489 e. The summed E-state index contributed by atoms with van der Waals surface area (Å²) in [5.41, 5.74) is 0. The number of para-hydroxylation sites is 1. The summed E-state index contributed by atoms with van der Waals surface area (Å²) in [5, 5.41) is 4.96. The van der Waals surface area contributed by atoms with Gasteiger partial charge in [-0.25, -0.2) is 14.2 Å². The molecule has 0 spiro atoms. The number of hydrogen-bond donors (Lipinski definition) is 1. The molecule has 0 aliphatic rings. The van der Waals surface area contributed by atoms with Crippen molar-refractivity contribution in [2.75, 3.05) is 25.5 Å². The number of halogens is 1. The van der Waals surface area contributed by atoms with Crippen LogP contribution in [-0.2, 0) is 0 Å². The highest BCUT2D eigenvalue weighted by atomic mass is 32.1. The van der Waals surface area contributed by atoms with Crippen LogP contribution in [0, 0.1) is 5.82 Å². The maximum atomic E-state index is 13.3. The number of ether oxygens (including phenoxy) is 1. The van der Waals surface area contributed by atoms with Crippen LogP contribution >= 0.6 is 11.3 Å². The highest BCUT2D eigenvalue weighted by molar-refractivity contribution is 7.13. The van der Waals surface area contributed by atoms with Gasteiger partial charge in [-0.05, 0) is 12.1 Å². The van der Waals surface area contributed by atoms with E-state index >= 15 is 0 Å². The van der Waals surface area contributed by atoms with E-state index in [1.54, 1.807) is 36.8 Å². The molecule has 0 atom stereocenters. The van der Waals surface area contributed by atoms with Crippen molar-refractivity contribution in [1.29, 1.82) is 0 Å². The van der Waals surface area contributed by atoms with Crippen molar-refractivity contribution in [2.24, 2.45) is 0 Å². The lowest BCUT2D eigenvalue weighted by atomic mass is 10.3. The molecule has 5 nitrogen and oxygen atoms in total. The van der Waals surface area contributed by atoms with Gasteiger partial charge in [0.25, 0.3) is 0 Å². The molecule has 0 unspecified atom stereocenters. The van der Waals surface area contributed by atoms with Crippen LogP contribution in [0.1, 0.15) is 0 Å². The minimum atomic E-state index is -0.414. The molecule has 0 aliphatic carbocycles. The maximum Gasteiger partial charge on any atom is 0.323 e. The van der Waals surface area contributed by atoms with E-state index in [2.05, 4.69) is 10.3 Å². The molecule has 1 N–H and O–H groups in total. The Labute approximate surface area is 120 Å². The zero-order valence-corrected chi connectivity index (χ0v) is 11.7. The van der Waals surface area contributed by atoms with Crippen molar-refractivity contribution in [3.8, 4) is 5.75 Å². The summed E-state index contributed by atoms with van der Waals surface area (Å²) >= 11 is 1.34. The molecule has 0 saturated carbocycles. The van der Waals surface area contributed by atoms with Crippen LogP contribution in [0.2, 0.25) is 0 Å². The number of thiazole rings is 1. The van der Waals surface area contributed by atoms with Gasteiger partial charge >= 0.3 is 6.03 Å². The van der Waals surface area contributed by atoms with Gasteiger partial charge in [-0.3, -0.25) is 5.32 Å². The number of rotatable bonds is 5. The van der Waals surface area contributed by atoms with Gasteiger partial charge in [0, 0.05) is 18.6 Å². The fraction of sp³-hybridized carbons (Fsp3) is 0.231. The molecule has 0 bridgehead atoms. The van der Waals surface area contributed by atoms with E-state index in [1.165, 1.54) is 22.3 Å². The number of nitrogens with one attached hydrogen (secondary N) is 1. The SMILES string of the molecule is CN(CCOc1ccccc1F)C(=O)Nc1nccs1. The largest absolute Gasteiger partial charge is 0.489 e. The van der Waals surface area contributed by atoms with Crippen LogP contribution in [-0.4, -0.2) is 36.1 Å². The number of anilines is 1. The van der Waals surface area contributed by atoms with Gasteiger partial charge in [0.05, 0.1) is 6.54 Å². The maximum absolute atomic E-state index is 13.3. The first-order valence-corrected chi connectivity index (χ1v) is 6.83. The number of aromatic nitrogens is 1. The highest BCUT2D eigenvalue weighted by Crippen LogP contribution is 2.15. The second-order valence-electron chi connectivity index (χ2n) is 3.97. The number of likely N-dealkylation sites (N-methyl/N-ethyl adjacent to an activating group) is 1. The fourth-order valence-corrected chi connectivity index (χ4v) is 1.95. The number of carbonyl (C=O) groups is 1. The number of benzene rings is 1. The second kappa shape index (κ2) is 6.85. The monoisotopic (exact) mass is 295 g/mol. The Kier molecular flexibility index (Phi) is 4.89. The summed E-state index contributed by atoms with van der Waals surface area (Å²) in [6.07, 6.45) is 1.61. The van der Waals surface area contributed by atoms with E-state index in [0.29, 0.717) is 11.7 Å². The second-order valence-corrected chi connectivity index (χ2v) is 4.86. The standard InChI is InChI=1S/C13H14FN3O2S/c1-17(13(18)16-12-15-6-9-20-12)7-8-19-11-5-3-2-4-10(11)14/h2-6,9H,7-8H2,1H3,(H,15,16,18). The molecule has 0 aliphatic heterocycles. The van der Waals surface area contributed by atoms with Crippen molar-refractivity contribution in [1.82, 2.24) is 9.88 Å². The predicted molar refractivity (Wildman–Crippen MR) is 75.7 cm³/mol. The lowest BCUT2D eigenvalue weighted by molar-refractivity contribution is 0.206. The molecular weight excluding hydrogens is 281 g/mol. The summed E-state index contributed by atoms with van der Waals surface area (Å²) in [6.45, 7) is 0.550. The molecule has 1 aromatic heterocycles. The molecule has 7 heteroatoms.